The van der Waals surface area contributed by atoms with E-state index in [1.165, 1.54) is 0 Å². The molecule has 1 saturated heterocycles. The van der Waals surface area contributed by atoms with Crippen LogP contribution in [-0.2, 0) is 9.47 Å². The summed E-state index contributed by atoms with van der Waals surface area (Å²) in [5.74, 6) is 2.96. The van der Waals surface area contributed by atoms with E-state index in [9.17, 15) is 5.11 Å². The molecule has 0 aromatic heterocycles. The van der Waals surface area contributed by atoms with Crippen LogP contribution in [0.4, 0.5) is 0 Å². The van der Waals surface area contributed by atoms with Crippen LogP contribution in [0.15, 0.2) is 0 Å². The third-order valence-electron chi connectivity index (χ3n) is 6.58. The Balaban J connectivity index is 1.65. The molecule has 0 aromatic rings. The SMILES string of the molecule is OC12C3C4C1C1C2C3C1(Br)C41OCCO1. The molecule has 7 fully saturated rings. The molecule has 0 radical (unpaired) electrons. The highest BCUT2D eigenvalue weighted by Gasteiger charge is 3.09. The van der Waals surface area contributed by atoms with Crippen LogP contribution in [0.1, 0.15) is 0 Å². The molecular formula is C11H11BrO3. The summed E-state index contributed by atoms with van der Waals surface area (Å²) in [6.07, 6.45) is 0. The summed E-state index contributed by atoms with van der Waals surface area (Å²) in [5, 5.41) is 10.4. The van der Waals surface area contributed by atoms with E-state index in [1.807, 2.05) is 0 Å². The standard InChI is InChI=1S/C11H11BrO3/c12-10-6-3-7(10)5-8(4(6)9(3,5)13)11(10)14-1-2-15-11/h3-8,13H,1-2H2. The van der Waals surface area contributed by atoms with Gasteiger partial charge in [0.15, 0.2) is 5.79 Å². The Morgan fingerprint density at radius 3 is 2.00 bits per heavy atom. The first-order valence-electron chi connectivity index (χ1n) is 5.88. The quantitative estimate of drug-likeness (QED) is 0.646. The third kappa shape index (κ3) is 0.357. The molecule has 3 nitrogen and oxygen atoms in total. The van der Waals surface area contributed by atoms with Crippen molar-refractivity contribution in [3.63, 3.8) is 0 Å². The lowest BCUT2D eigenvalue weighted by atomic mass is 9.17. The number of rotatable bonds is 0. The summed E-state index contributed by atoms with van der Waals surface area (Å²) < 4.78 is 12.0. The van der Waals surface area contributed by atoms with Crippen LogP contribution in [0.3, 0.4) is 0 Å². The Kier molecular flexibility index (Phi) is 0.802. The van der Waals surface area contributed by atoms with E-state index in [2.05, 4.69) is 15.9 Å². The third-order valence-corrected chi connectivity index (χ3v) is 8.19. The van der Waals surface area contributed by atoms with Crippen molar-refractivity contribution < 1.29 is 14.6 Å². The van der Waals surface area contributed by atoms with Crippen molar-refractivity contribution in [1.82, 2.24) is 0 Å². The van der Waals surface area contributed by atoms with E-state index < -0.39 is 0 Å². The maximum atomic E-state index is 10.4. The smallest absolute Gasteiger partial charge is 0.187 e. The zero-order valence-electron chi connectivity index (χ0n) is 8.02. The topological polar surface area (TPSA) is 38.7 Å². The maximum Gasteiger partial charge on any atom is 0.187 e. The monoisotopic (exact) mass is 270 g/mol. The average Bonchev–Trinajstić information content (AvgIpc) is 2.78. The van der Waals surface area contributed by atoms with Gasteiger partial charge in [0.25, 0.3) is 0 Å². The number of alkyl halides is 1. The molecule has 0 aromatic carbocycles. The van der Waals surface area contributed by atoms with Gasteiger partial charge in [-0.3, -0.25) is 0 Å². The first kappa shape index (κ1) is 7.64. The predicted molar refractivity (Wildman–Crippen MR) is 52.2 cm³/mol. The van der Waals surface area contributed by atoms with Crippen molar-refractivity contribution in [3.05, 3.63) is 0 Å². The van der Waals surface area contributed by atoms with Gasteiger partial charge < -0.3 is 14.6 Å². The zero-order valence-corrected chi connectivity index (χ0v) is 9.61. The van der Waals surface area contributed by atoms with Crippen molar-refractivity contribution >= 4 is 15.9 Å². The number of hydrogen-bond donors (Lipinski definition) is 1. The van der Waals surface area contributed by atoms with E-state index in [1.54, 1.807) is 0 Å². The highest BCUT2D eigenvalue weighted by molar-refractivity contribution is 9.10. The van der Waals surface area contributed by atoms with Crippen molar-refractivity contribution in [2.24, 2.45) is 35.5 Å². The summed E-state index contributed by atoms with van der Waals surface area (Å²) in [6.45, 7) is 1.46. The molecule has 6 aliphatic carbocycles. The fraction of sp³-hybridized carbons (Fsp3) is 1.00. The number of hydrogen-bond acceptors (Lipinski definition) is 3. The van der Waals surface area contributed by atoms with Crippen LogP contribution in [0.2, 0.25) is 0 Å². The van der Waals surface area contributed by atoms with E-state index in [4.69, 9.17) is 9.47 Å². The summed E-state index contributed by atoms with van der Waals surface area (Å²) in [5.41, 5.74) is -0.282. The van der Waals surface area contributed by atoms with Crippen molar-refractivity contribution in [2.45, 2.75) is 15.7 Å². The summed E-state index contributed by atoms with van der Waals surface area (Å²) >= 11 is 3.94. The Hall–Kier alpha value is 0.360. The van der Waals surface area contributed by atoms with Crippen LogP contribution >= 0.6 is 15.9 Å². The van der Waals surface area contributed by atoms with E-state index >= 15 is 0 Å². The summed E-state index contributed by atoms with van der Waals surface area (Å²) in [6, 6.07) is 0. The molecule has 7 aliphatic rings. The normalized spacial score (nSPS) is 82.0. The maximum absolute atomic E-state index is 10.4. The van der Waals surface area contributed by atoms with Gasteiger partial charge in [-0.1, -0.05) is 15.9 Å². The van der Waals surface area contributed by atoms with Crippen LogP contribution in [0.5, 0.6) is 0 Å². The van der Waals surface area contributed by atoms with Crippen LogP contribution in [-0.4, -0.2) is 34.0 Å². The fourth-order valence-corrected chi connectivity index (χ4v) is 8.19. The molecule has 1 heterocycles. The van der Waals surface area contributed by atoms with Gasteiger partial charge in [-0.2, -0.15) is 0 Å². The van der Waals surface area contributed by atoms with Gasteiger partial charge in [-0.25, -0.2) is 0 Å². The minimum atomic E-state index is -0.350. The molecule has 1 spiro atoms. The molecule has 1 N–H and O–H groups in total. The minimum Gasteiger partial charge on any atom is -0.389 e. The molecule has 4 heteroatoms. The second kappa shape index (κ2) is 1.57. The van der Waals surface area contributed by atoms with E-state index in [0.29, 0.717) is 35.5 Å². The molecule has 6 saturated carbocycles. The number of halogens is 1. The lowest BCUT2D eigenvalue weighted by Gasteiger charge is -2.89. The van der Waals surface area contributed by atoms with Gasteiger partial charge in [0, 0.05) is 17.8 Å². The van der Waals surface area contributed by atoms with Gasteiger partial charge in [0.1, 0.15) is 0 Å². The van der Waals surface area contributed by atoms with Gasteiger partial charge in [0.2, 0.25) is 0 Å². The molecule has 7 rings (SSSR count). The fourth-order valence-electron chi connectivity index (χ4n) is 6.56. The second-order valence-electron chi connectivity index (χ2n) is 6.17. The number of aliphatic hydroxyl groups is 1. The first-order chi connectivity index (χ1) is 7.19. The summed E-state index contributed by atoms with van der Waals surface area (Å²) in [7, 11) is 0. The Bertz CT molecular complexity index is 410. The molecule has 0 amide bonds. The van der Waals surface area contributed by atoms with Gasteiger partial charge >= 0.3 is 0 Å². The Labute approximate surface area is 95.2 Å². The molecule has 15 heavy (non-hydrogen) atoms. The second-order valence-corrected chi connectivity index (χ2v) is 7.49. The zero-order chi connectivity index (χ0) is 9.79. The predicted octanol–water partition coefficient (Wildman–Crippen LogP) is 0.359. The van der Waals surface area contributed by atoms with Crippen LogP contribution < -0.4 is 0 Å². The average molecular weight is 271 g/mol. The van der Waals surface area contributed by atoms with Gasteiger partial charge in [-0.05, 0) is 17.8 Å². The van der Waals surface area contributed by atoms with E-state index in [-0.39, 0.29) is 15.7 Å². The van der Waals surface area contributed by atoms with Crippen LogP contribution in [0.25, 0.3) is 0 Å². The molecule has 80 valence electrons. The van der Waals surface area contributed by atoms with Gasteiger partial charge in [0.05, 0.1) is 23.1 Å². The van der Waals surface area contributed by atoms with Crippen molar-refractivity contribution in [2.75, 3.05) is 13.2 Å². The van der Waals surface area contributed by atoms with E-state index in [0.717, 1.165) is 13.2 Å². The lowest BCUT2D eigenvalue weighted by molar-refractivity contribution is -0.461. The van der Waals surface area contributed by atoms with Crippen molar-refractivity contribution in [1.29, 1.82) is 0 Å². The molecule has 4 atom stereocenters. The number of ether oxygens (including phenoxy) is 2. The first-order valence-corrected chi connectivity index (χ1v) is 6.67. The van der Waals surface area contributed by atoms with Gasteiger partial charge in [-0.15, -0.1) is 0 Å². The Morgan fingerprint density at radius 1 is 0.933 bits per heavy atom. The molecular weight excluding hydrogens is 260 g/mol. The highest BCUT2D eigenvalue weighted by atomic mass is 79.9. The minimum absolute atomic E-state index is 0.0750. The molecule has 4 unspecified atom stereocenters. The van der Waals surface area contributed by atoms with Crippen LogP contribution in [0, 0.1) is 35.5 Å². The largest absolute Gasteiger partial charge is 0.389 e. The lowest BCUT2D eigenvalue weighted by Crippen LogP contribution is -2.96. The van der Waals surface area contributed by atoms with Crippen molar-refractivity contribution in [3.8, 4) is 0 Å². The molecule has 1 aliphatic heterocycles. The highest BCUT2D eigenvalue weighted by Crippen LogP contribution is 3.01. The molecule has 2 bridgehead atoms. The Morgan fingerprint density at radius 2 is 1.47 bits per heavy atom. The summed E-state index contributed by atoms with van der Waals surface area (Å²) in [4.78, 5) is 0.